The van der Waals surface area contributed by atoms with Crippen molar-refractivity contribution in [1.29, 1.82) is 0 Å². The highest BCUT2D eigenvalue weighted by Gasteiger charge is 2.47. The number of alkyl carbamates (subject to hydrolysis) is 1. The van der Waals surface area contributed by atoms with Gasteiger partial charge in [-0.05, 0) is 40.7 Å². The normalized spacial score (nSPS) is 19.7. The van der Waals surface area contributed by atoms with Crippen LogP contribution in [0.3, 0.4) is 0 Å². The summed E-state index contributed by atoms with van der Waals surface area (Å²) in [7, 11) is 1.34. The highest BCUT2D eigenvalue weighted by molar-refractivity contribution is 7.98. The summed E-state index contributed by atoms with van der Waals surface area (Å²) >= 11 is 1.56. The molecule has 9 heteroatoms. The number of thioether (sulfide) groups is 1. The maximum atomic E-state index is 13.2. The van der Waals surface area contributed by atoms with Crippen molar-refractivity contribution in [2.45, 2.75) is 30.4 Å². The Morgan fingerprint density at radius 2 is 1.77 bits per heavy atom. The quantitative estimate of drug-likeness (QED) is 0.546. The number of aliphatic carboxylic acids is 1. The van der Waals surface area contributed by atoms with Crippen LogP contribution in [0.15, 0.2) is 48.5 Å². The van der Waals surface area contributed by atoms with Gasteiger partial charge < -0.3 is 24.8 Å². The average molecular weight is 499 g/mol. The topological polar surface area (TPSA) is 105 Å². The third-order valence-corrected chi connectivity index (χ3v) is 7.51. The van der Waals surface area contributed by atoms with Crippen molar-refractivity contribution in [2.24, 2.45) is 0 Å². The van der Waals surface area contributed by atoms with Crippen LogP contribution < -0.4 is 5.32 Å². The second-order valence-corrected chi connectivity index (χ2v) is 9.80. The molecule has 0 spiro atoms. The minimum absolute atomic E-state index is 0.0557. The number of amides is 2. The number of nitrogens with zero attached hydrogens (tertiary/aromatic N) is 1. The Balaban J connectivity index is 1.42. The van der Waals surface area contributed by atoms with Crippen molar-refractivity contribution in [3.63, 3.8) is 0 Å². The molecule has 1 saturated heterocycles. The molecule has 8 nitrogen and oxygen atoms in total. The molecule has 0 bridgehead atoms. The van der Waals surface area contributed by atoms with E-state index in [-0.39, 0.29) is 37.9 Å². The molecule has 1 heterocycles. The molecule has 0 aromatic heterocycles. The maximum absolute atomic E-state index is 13.2. The smallest absolute Gasteiger partial charge is 0.407 e. The number of carbonyl (C=O) groups excluding carboxylic acids is 2. The maximum Gasteiger partial charge on any atom is 0.407 e. The van der Waals surface area contributed by atoms with Gasteiger partial charge in [-0.25, -0.2) is 9.59 Å². The van der Waals surface area contributed by atoms with Crippen LogP contribution in [0.1, 0.15) is 29.9 Å². The van der Waals surface area contributed by atoms with Gasteiger partial charge in [-0.1, -0.05) is 48.5 Å². The minimum atomic E-state index is -1.41. The summed E-state index contributed by atoms with van der Waals surface area (Å²) in [5.74, 6) is -0.847. The Morgan fingerprint density at radius 1 is 1.14 bits per heavy atom. The van der Waals surface area contributed by atoms with Gasteiger partial charge in [-0.15, -0.1) is 0 Å². The fourth-order valence-corrected chi connectivity index (χ4v) is 5.37. The number of carboxylic acid groups (broad SMARTS) is 1. The zero-order chi connectivity index (χ0) is 25.0. The van der Waals surface area contributed by atoms with Crippen LogP contribution >= 0.6 is 11.8 Å². The van der Waals surface area contributed by atoms with Gasteiger partial charge in [0.15, 0.2) is 5.60 Å². The Kier molecular flexibility index (Phi) is 7.66. The van der Waals surface area contributed by atoms with Gasteiger partial charge in [-0.2, -0.15) is 11.8 Å². The first-order valence-electron chi connectivity index (χ1n) is 11.6. The van der Waals surface area contributed by atoms with Crippen molar-refractivity contribution >= 4 is 29.7 Å². The van der Waals surface area contributed by atoms with Gasteiger partial charge in [0.1, 0.15) is 12.6 Å². The lowest BCUT2D eigenvalue weighted by molar-refractivity contribution is -0.161. The van der Waals surface area contributed by atoms with Crippen LogP contribution in [0.4, 0.5) is 4.79 Å². The van der Waals surface area contributed by atoms with Gasteiger partial charge in [0, 0.05) is 26.0 Å². The van der Waals surface area contributed by atoms with E-state index >= 15 is 0 Å². The van der Waals surface area contributed by atoms with E-state index in [0.717, 1.165) is 22.3 Å². The van der Waals surface area contributed by atoms with Gasteiger partial charge in [0.05, 0.1) is 6.54 Å². The third-order valence-electron chi connectivity index (χ3n) is 6.87. The highest BCUT2D eigenvalue weighted by atomic mass is 32.2. The largest absolute Gasteiger partial charge is 0.479 e. The second-order valence-electron chi connectivity index (χ2n) is 8.82. The van der Waals surface area contributed by atoms with Crippen LogP contribution in [0, 0.1) is 0 Å². The molecular weight excluding hydrogens is 468 g/mol. The predicted octanol–water partition coefficient (Wildman–Crippen LogP) is 3.35. The van der Waals surface area contributed by atoms with Crippen LogP contribution in [0.2, 0.25) is 0 Å². The zero-order valence-electron chi connectivity index (χ0n) is 19.9. The fourth-order valence-electron chi connectivity index (χ4n) is 4.89. The van der Waals surface area contributed by atoms with Gasteiger partial charge in [0.2, 0.25) is 5.91 Å². The number of nitrogens with one attached hydrogen (secondary N) is 1. The van der Waals surface area contributed by atoms with Crippen LogP contribution in [0.5, 0.6) is 0 Å². The number of hydrogen-bond acceptors (Lipinski definition) is 6. The molecule has 35 heavy (non-hydrogen) atoms. The summed E-state index contributed by atoms with van der Waals surface area (Å²) in [6.45, 7) is 0.347. The van der Waals surface area contributed by atoms with Crippen LogP contribution in [0.25, 0.3) is 11.1 Å². The molecule has 2 N–H and O–H groups in total. The van der Waals surface area contributed by atoms with E-state index in [0.29, 0.717) is 12.2 Å². The van der Waals surface area contributed by atoms with E-state index in [1.165, 1.54) is 12.0 Å². The molecule has 2 amide bonds. The molecule has 0 saturated carbocycles. The first-order chi connectivity index (χ1) is 16.9. The molecule has 1 aliphatic heterocycles. The van der Waals surface area contributed by atoms with Crippen LogP contribution in [-0.4, -0.2) is 78.4 Å². The molecule has 4 rings (SSSR count). The monoisotopic (exact) mass is 498 g/mol. The first kappa shape index (κ1) is 25.1. The number of ether oxygens (including phenoxy) is 2. The Labute approximate surface area is 209 Å². The van der Waals surface area contributed by atoms with E-state index in [1.54, 1.807) is 11.8 Å². The summed E-state index contributed by atoms with van der Waals surface area (Å²) in [5.41, 5.74) is 3.08. The SMILES string of the molecule is COC1(C(=O)O)CCN(C(=O)C(CCSC)NC(=O)OCC2c3ccccc3-c3ccccc32)C1. The molecule has 186 valence electrons. The number of carboxylic acids is 1. The Hall–Kier alpha value is -3.04. The van der Waals surface area contributed by atoms with Crippen molar-refractivity contribution in [3.05, 3.63) is 59.7 Å². The number of methoxy groups -OCH3 is 1. The van der Waals surface area contributed by atoms with Crippen molar-refractivity contribution < 1.29 is 29.0 Å². The Bertz CT molecular complexity index is 1060. The number of likely N-dealkylation sites (tertiary alicyclic amines) is 1. The van der Waals surface area contributed by atoms with E-state index in [2.05, 4.69) is 17.4 Å². The average Bonchev–Trinajstić information content (AvgIpc) is 3.46. The molecule has 0 radical (unpaired) electrons. The van der Waals surface area contributed by atoms with Gasteiger partial charge in [-0.3, -0.25) is 4.79 Å². The van der Waals surface area contributed by atoms with E-state index < -0.39 is 23.7 Å². The second kappa shape index (κ2) is 10.7. The number of benzene rings is 2. The molecule has 2 aromatic carbocycles. The first-order valence-corrected chi connectivity index (χ1v) is 13.0. The molecule has 1 aliphatic carbocycles. The molecule has 2 atom stereocenters. The van der Waals surface area contributed by atoms with Crippen LogP contribution in [-0.2, 0) is 19.1 Å². The molecule has 2 aliphatic rings. The summed E-state index contributed by atoms with van der Waals surface area (Å²) in [6, 6.07) is 15.4. The molecular formula is C26H30N2O6S. The predicted molar refractivity (Wildman–Crippen MR) is 134 cm³/mol. The summed E-state index contributed by atoms with van der Waals surface area (Å²) < 4.78 is 10.8. The van der Waals surface area contributed by atoms with E-state index in [4.69, 9.17) is 9.47 Å². The van der Waals surface area contributed by atoms with Gasteiger partial charge in [0.25, 0.3) is 0 Å². The highest BCUT2D eigenvalue weighted by Crippen LogP contribution is 2.44. The van der Waals surface area contributed by atoms with E-state index in [9.17, 15) is 19.5 Å². The number of carbonyl (C=O) groups is 3. The fraction of sp³-hybridized carbons (Fsp3) is 0.423. The molecule has 1 fully saturated rings. The number of rotatable bonds is 9. The lowest BCUT2D eigenvalue weighted by Crippen LogP contribution is -2.51. The number of fused-ring (bicyclic) bond motifs is 3. The summed E-state index contributed by atoms with van der Waals surface area (Å²) in [5, 5.41) is 12.3. The third kappa shape index (κ3) is 5.01. The van der Waals surface area contributed by atoms with Gasteiger partial charge >= 0.3 is 12.1 Å². The molecule has 2 unspecified atom stereocenters. The zero-order valence-corrected chi connectivity index (χ0v) is 20.7. The van der Waals surface area contributed by atoms with Crippen molar-refractivity contribution in [1.82, 2.24) is 10.2 Å². The van der Waals surface area contributed by atoms with Crippen molar-refractivity contribution in [3.8, 4) is 11.1 Å². The standard InChI is InChI=1S/C26H30N2O6S/c1-33-26(24(30)31)12-13-28(16-26)23(29)22(11-14-35-2)27-25(32)34-15-21-19-9-5-3-7-17(19)18-8-4-6-10-20(18)21/h3-10,21-22H,11-16H2,1-2H3,(H,27,32)(H,30,31). The number of hydrogen-bond donors (Lipinski definition) is 2. The van der Waals surface area contributed by atoms with Crippen molar-refractivity contribution in [2.75, 3.05) is 38.8 Å². The van der Waals surface area contributed by atoms with E-state index in [1.807, 2.05) is 42.7 Å². The summed E-state index contributed by atoms with van der Waals surface area (Å²) in [4.78, 5) is 39.1. The summed E-state index contributed by atoms with van der Waals surface area (Å²) in [6.07, 6.45) is 1.87. The Morgan fingerprint density at radius 3 is 2.31 bits per heavy atom. The molecule has 2 aromatic rings. The minimum Gasteiger partial charge on any atom is -0.479 e. The lowest BCUT2D eigenvalue weighted by atomic mass is 9.98. The lowest BCUT2D eigenvalue weighted by Gasteiger charge is -2.26.